The number of esters is 1. The average Bonchev–Trinajstić information content (AvgIpc) is 3.36. The number of nitrogens with zero attached hydrogens (tertiary/aromatic N) is 3. The summed E-state index contributed by atoms with van der Waals surface area (Å²) < 4.78 is 4.93. The number of aromatic hydroxyl groups is 1. The molecule has 13 nitrogen and oxygen atoms in total. The Balaban J connectivity index is 1.40. The summed E-state index contributed by atoms with van der Waals surface area (Å²) in [7, 11) is 0. The van der Waals surface area contributed by atoms with Crippen molar-refractivity contribution in [3.05, 3.63) is 46.8 Å². The first-order valence-electron chi connectivity index (χ1n) is 11.6. The second-order valence-electron chi connectivity index (χ2n) is 8.39. The Morgan fingerprint density at radius 1 is 1.32 bits per heavy atom. The van der Waals surface area contributed by atoms with E-state index >= 15 is 0 Å². The number of fused-ring (bicyclic) bond motifs is 1. The Bertz CT molecular complexity index is 1270. The summed E-state index contributed by atoms with van der Waals surface area (Å²) in [6.07, 6.45) is 0.456. The second kappa shape index (κ2) is 11.9. The van der Waals surface area contributed by atoms with Gasteiger partial charge in [-0.2, -0.15) is 10.3 Å². The van der Waals surface area contributed by atoms with Gasteiger partial charge in [-0.15, -0.1) is 16.9 Å². The molecular weight excluding hydrogens is 536 g/mol. The summed E-state index contributed by atoms with van der Waals surface area (Å²) in [4.78, 5) is 50.6. The number of β-lactam (4-membered cyclic amide) rings is 1. The molecule has 0 radical (unpaired) electrons. The van der Waals surface area contributed by atoms with Crippen LogP contribution in [0, 0.1) is 0 Å². The number of rotatable bonds is 11. The molecule has 0 saturated carbocycles. The average molecular weight is 563 g/mol. The highest BCUT2D eigenvalue weighted by Crippen LogP contribution is 2.41. The number of aliphatic carboxylic acids is 1. The number of amides is 2. The number of nitrogens with two attached hydrogens (primary N) is 1. The fraction of sp³-hybridized carbons (Fsp3) is 0.391. The van der Waals surface area contributed by atoms with Crippen molar-refractivity contribution >= 4 is 47.3 Å². The van der Waals surface area contributed by atoms with E-state index in [0.717, 1.165) is 0 Å². The zero-order valence-corrected chi connectivity index (χ0v) is 21.9. The summed E-state index contributed by atoms with van der Waals surface area (Å²) in [5.41, 5.74) is 7.45. The first kappa shape index (κ1) is 27.5. The van der Waals surface area contributed by atoms with Crippen LogP contribution in [0.2, 0.25) is 0 Å². The molecule has 15 heteroatoms. The predicted molar refractivity (Wildman–Crippen MR) is 137 cm³/mol. The van der Waals surface area contributed by atoms with Crippen LogP contribution in [-0.4, -0.2) is 83.8 Å². The summed E-state index contributed by atoms with van der Waals surface area (Å²) in [6.45, 7) is 2.01. The van der Waals surface area contributed by atoms with E-state index in [9.17, 15) is 29.4 Å². The third-order valence-corrected chi connectivity index (χ3v) is 8.35. The molecule has 2 aliphatic heterocycles. The van der Waals surface area contributed by atoms with E-state index in [-0.39, 0.29) is 36.2 Å². The minimum Gasteiger partial charge on any atom is -0.508 e. The van der Waals surface area contributed by atoms with E-state index in [1.54, 1.807) is 6.92 Å². The third-order valence-electron chi connectivity index (χ3n) is 5.92. The lowest BCUT2D eigenvalue weighted by Crippen LogP contribution is -2.71. The molecule has 0 spiro atoms. The Hall–Kier alpha value is -3.56. The number of carbonyl (C=O) groups is 4. The number of nitrogens with one attached hydrogen (secondary N) is 2. The fourth-order valence-electron chi connectivity index (χ4n) is 4.00. The number of benzene rings is 1. The van der Waals surface area contributed by atoms with Gasteiger partial charge in [0.1, 0.15) is 33.9 Å². The van der Waals surface area contributed by atoms with Gasteiger partial charge in [-0.1, -0.05) is 23.9 Å². The summed E-state index contributed by atoms with van der Waals surface area (Å²) in [5, 5.41) is 32.6. The van der Waals surface area contributed by atoms with Crippen LogP contribution in [0.25, 0.3) is 0 Å². The number of ether oxygens (including phenoxy) is 1. The van der Waals surface area contributed by atoms with E-state index in [2.05, 4.69) is 20.7 Å². The van der Waals surface area contributed by atoms with Crippen molar-refractivity contribution in [1.29, 1.82) is 0 Å². The molecule has 202 valence electrons. The highest BCUT2D eigenvalue weighted by molar-refractivity contribution is 8.01. The van der Waals surface area contributed by atoms with Crippen LogP contribution >= 0.6 is 23.5 Å². The van der Waals surface area contributed by atoms with Crippen molar-refractivity contribution in [2.75, 3.05) is 18.1 Å². The van der Waals surface area contributed by atoms with Crippen LogP contribution in [0.3, 0.4) is 0 Å². The topological polar surface area (TPSA) is 201 Å². The number of phenolic OH excluding ortho intramolecular Hbond substituents is 1. The number of hydrogen-bond donors (Lipinski definition) is 5. The fourth-order valence-corrected chi connectivity index (χ4v) is 6.45. The third kappa shape index (κ3) is 5.79. The Kier molecular flexibility index (Phi) is 8.58. The molecule has 1 fully saturated rings. The number of thioether (sulfide) groups is 2. The monoisotopic (exact) mass is 562 g/mol. The van der Waals surface area contributed by atoms with E-state index < -0.39 is 35.2 Å². The van der Waals surface area contributed by atoms with Crippen LogP contribution in [0.4, 0.5) is 0 Å². The lowest BCUT2D eigenvalue weighted by Gasteiger charge is -2.49. The Labute approximate surface area is 225 Å². The van der Waals surface area contributed by atoms with Gasteiger partial charge in [0.25, 0.3) is 5.91 Å². The van der Waals surface area contributed by atoms with Crippen molar-refractivity contribution < 1.29 is 34.1 Å². The van der Waals surface area contributed by atoms with E-state index in [4.69, 9.17) is 10.5 Å². The SMILES string of the molecule is CCOC(=O)CCc1n[nH]nc1SCC1=C(C(=O)O)N2C(=O)C(NC(=O)C(N)c3ccc(O)cc3)[C@@H]2SC1. The highest BCUT2D eigenvalue weighted by Gasteiger charge is 2.54. The molecule has 1 aromatic carbocycles. The van der Waals surface area contributed by atoms with Crippen LogP contribution < -0.4 is 11.1 Å². The Morgan fingerprint density at radius 2 is 2.05 bits per heavy atom. The molecule has 38 heavy (non-hydrogen) atoms. The summed E-state index contributed by atoms with van der Waals surface area (Å²) >= 11 is 2.60. The molecule has 1 saturated heterocycles. The smallest absolute Gasteiger partial charge is 0.352 e. The number of H-pyrrole nitrogens is 1. The van der Waals surface area contributed by atoms with Crippen molar-refractivity contribution in [2.45, 2.75) is 42.2 Å². The molecule has 1 aromatic heterocycles. The lowest BCUT2D eigenvalue weighted by atomic mass is 10.0. The van der Waals surface area contributed by atoms with E-state index in [1.807, 2.05) is 0 Å². The largest absolute Gasteiger partial charge is 0.508 e. The van der Waals surface area contributed by atoms with Gasteiger partial charge in [-0.05, 0) is 30.2 Å². The number of aromatic amines is 1. The van der Waals surface area contributed by atoms with Gasteiger partial charge >= 0.3 is 11.9 Å². The van der Waals surface area contributed by atoms with Gasteiger partial charge in [-0.25, -0.2) is 4.79 Å². The molecule has 0 bridgehead atoms. The normalized spacial score (nSPS) is 19.4. The minimum atomic E-state index is -1.24. The molecular formula is C23H26N6O7S2. The molecule has 4 rings (SSSR count). The molecule has 2 aromatic rings. The van der Waals surface area contributed by atoms with Gasteiger partial charge < -0.3 is 26.0 Å². The van der Waals surface area contributed by atoms with Crippen molar-refractivity contribution in [1.82, 2.24) is 25.6 Å². The van der Waals surface area contributed by atoms with Gasteiger partial charge in [-0.3, -0.25) is 19.3 Å². The zero-order chi connectivity index (χ0) is 27.4. The summed E-state index contributed by atoms with van der Waals surface area (Å²) in [5.74, 6) is -2.11. The number of carboxylic acid groups (broad SMARTS) is 1. The van der Waals surface area contributed by atoms with Crippen LogP contribution in [-0.2, 0) is 30.3 Å². The molecule has 2 aliphatic rings. The number of aryl methyl sites for hydroxylation is 1. The Morgan fingerprint density at radius 3 is 2.74 bits per heavy atom. The van der Waals surface area contributed by atoms with E-state index in [1.165, 1.54) is 52.7 Å². The van der Waals surface area contributed by atoms with Gasteiger partial charge in [0, 0.05) is 17.9 Å². The van der Waals surface area contributed by atoms with Crippen LogP contribution in [0.1, 0.15) is 30.6 Å². The number of phenols is 1. The lowest BCUT2D eigenvalue weighted by molar-refractivity contribution is -0.150. The quantitative estimate of drug-likeness (QED) is 0.145. The maximum atomic E-state index is 12.9. The standard InChI is InChI=1S/C23H26N6O7S2/c1-2-36-15(31)8-7-14-20(27-28-26-14)37-9-12-10-38-22-17(21(33)29(22)18(12)23(34)35)25-19(32)16(24)11-3-5-13(30)6-4-11/h3-6,16-17,22,30H,2,7-10,24H2,1H3,(H,25,32)(H,34,35)(H,26,27,28)/t16?,17?,22-/m0/s1. The van der Waals surface area contributed by atoms with Crippen LogP contribution in [0.15, 0.2) is 40.6 Å². The van der Waals surface area contributed by atoms with Crippen LogP contribution in [0.5, 0.6) is 5.75 Å². The number of carbonyl (C=O) groups excluding carboxylic acids is 3. The highest BCUT2D eigenvalue weighted by atomic mass is 32.2. The maximum Gasteiger partial charge on any atom is 0.352 e. The molecule has 2 unspecified atom stereocenters. The van der Waals surface area contributed by atoms with Crippen molar-refractivity contribution in [2.24, 2.45) is 5.73 Å². The number of hydrogen-bond acceptors (Lipinski definition) is 11. The second-order valence-corrected chi connectivity index (χ2v) is 10.5. The zero-order valence-electron chi connectivity index (χ0n) is 20.2. The molecule has 6 N–H and O–H groups in total. The molecule has 3 heterocycles. The molecule has 2 amide bonds. The predicted octanol–water partition coefficient (Wildman–Crippen LogP) is 0.537. The first-order chi connectivity index (χ1) is 18.2. The maximum absolute atomic E-state index is 12.9. The minimum absolute atomic E-state index is 0.0307. The number of aromatic nitrogens is 3. The van der Waals surface area contributed by atoms with Crippen molar-refractivity contribution in [3.8, 4) is 5.75 Å². The molecule has 0 aliphatic carbocycles. The van der Waals surface area contributed by atoms with Gasteiger partial charge in [0.05, 0.1) is 18.7 Å². The molecule has 3 atom stereocenters. The van der Waals surface area contributed by atoms with E-state index in [0.29, 0.717) is 34.0 Å². The summed E-state index contributed by atoms with van der Waals surface area (Å²) in [6, 6.07) is 3.85. The van der Waals surface area contributed by atoms with Gasteiger partial charge in [0.15, 0.2) is 0 Å². The van der Waals surface area contributed by atoms with Crippen molar-refractivity contribution in [3.63, 3.8) is 0 Å². The first-order valence-corrected chi connectivity index (χ1v) is 13.7. The van der Waals surface area contributed by atoms with Gasteiger partial charge in [0.2, 0.25) is 5.91 Å². The number of carboxylic acids is 1.